The SMILES string of the molecule is CCN(C(=O)C1CCN(S(=O)(=O)c2ccc(C)c(C)c2)CC1)c1ccc(F)cc1. The van der Waals surface area contributed by atoms with Gasteiger partial charge in [-0.15, -0.1) is 0 Å². The lowest BCUT2D eigenvalue weighted by atomic mass is 9.96. The number of hydrogen-bond acceptors (Lipinski definition) is 3. The Bertz CT molecular complexity index is 982. The second kappa shape index (κ2) is 8.63. The largest absolute Gasteiger partial charge is 0.312 e. The van der Waals surface area contributed by atoms with Crippen molar-refractivity contribution < 1.29 is 17.6 Å². The van der Waals surface area contributed by atoms with E-state index in [4.69, 9.17) is 0 Å². The Labute approximate surface area is 172 Å². The summed E-state index contributed by atoms with van der Waals surface area (Å²) in [5, 5.41) is 0. The van der Waals surface area contributed by atoms with Gasteiger partial charge < -0.3 is 4.90 Å². The van der Waals surface area contributed by atoms with Gasteiger partial charge in [0.1, 0.15) is 5.82 Å². The number of halogens is 1. The highest BCUT2D eigenvalue weighted by Gasteiger charge is 2.34. The molecular formula is C22H27FN2O3S. The monoisotopic (exact) mass is 418 g/mol. The number of aryl methyl sites for hydroxylation is 2. The Balaban J connectivity index is 1.69. The number of piperidine rings is 1. The first kappa shape index (κ1) is 21.5. The van der Waals surface area contributed by atoms with Crippen LogP contribution in [0.1, 0.15) is 30.9 Å². The summed E-state index contributed by atoms with van der Waals surface area (Å²) in [4.78, 5) is 14.9. The van der Waals surface area contributed by atoms with Crippen molar-refractivity contribution in [1.82, 2.24) is 4.31 Å². The average molecular weight is 419 g/mol. The number of benzene rings is 2. The average Bonchev–Trinajstić information content (AvgIpc) is 2.72. The van der Waals surface area contributed by atoms with Gasteiger partial charge >= 0.3 is 0 Å². The van der Waals surface area contributed by atoms with E-state index in [9.17, 15) is 17.6 Å². The molecule has 0 aliphatic carbocycles. The molecular weight excluding hydrogens is 391 g/mol. The van der Waals surface area contributed by atoms with Crippen molar-refractivity contribution in [2.75, 3.05) is 24.5 Å². The van der Waals surface area contributed by atoms with Crippen LogP contribution in [0.3, 0.4) is 0 Å². The van der Waals surface area contributed by atoms with Gasteiger partial charge in [-0.3, -0.25) is 4.79 Å². The van der Waals surface area contributed by atoms with Gasteiger partial charge in [0.25, 0.3) is 0 Å². The number of rotatable bonds is 5. The molecule has 2 aromatic carbocycles. The highest BCUT2D eigenvalue weighted by molar-refractivity contribution is 7.89. The van der Waals surface area contributed by atoms with Crippen molar-refractivity contribution in [2.24, 2.45) is 5.92 Å². The van der Waals surface area contributed by atoms with Crippen LogP contribution >= 0.6 is 0 Å². The van der Waals surface area contributed by atoms with Gasteiger partial charge in [-0.25, -0.2) is 12.8 Å². The molecule has 156 valence electrons. The minimum absolute atomic E-state index is 0.0395. The Morgan fingerprint density at radius 2 is 1.69 bits per heavy atom. The normalized spacial score (nSPS) is 16.0. The van der Waals surface area contributed by atoms with Gasteiger partial charge in [0, 0.05) is 31.2 Å². The van der Waals surface area contributed by atoms with E-state index in [1.807, 2.05) is 26.8 Å². The van der Waals surface area contributed by atoms with E-state index in [1.54, 1.807) is 29.2 Å². The van der Waals surface area contributed by atoms with Crippen LogP contribution in [0.2, 0.25) is 0 Å². The lowest BCUT2D eigenvalue weighted by Crippen LogP contribution is -2.44. The third-order valence-corrected chi connectivity index (χ3v) is 7.53. The van der Waals surface area contributed by atoms with E-state index in [2.05, 4.69) is 0 Å². The van der Waals surface area contributed by atoms with Crippen molar-refractivity contribution in [3.05, 3.63) is 59.4 Å². The second-order valence-electron chi connectivity index (χ2n) is 7.48. The minimum atomic E-state index is -3.57. The van der Waals surface area contributed by atoms with E-state index < -0.39 is 10.0 Å². The van der Waals surface area contributed by atoms with Crippen LogP contribution in [-0.4, -0.2) is 38.3 Å². The van der Waals surface area contributed by atoms with Crippen LogP contribution in [0.15, 0.2) is 47.4 Å². The zero-order valence-electron chi connectivity index (χ0n) is 17.1. The van der Waals surface area contributed by atoms with E-state index in [0.29, 0.717) is 43.1 Å². The van der Waals surface area contributed by atoms with E-state index in [-0.39, 0.29) is 17.6 Å². The number of anilines is 1. The topological polar surface area (TPSA) is 57.7 Å². The third kappa shape index (κ3) is 4.51. The van der Waals surface area contributed by atoms with Crippen LogP contribution in [0.5, 0.6) is 0 Å². The molecule has 0 saturated carbocycles. The fraction of sp³-hybridized carbons (Fsp3) is 0.409. The summed E-state index contributed by atoms with van der Waals surface area (Å²) in [5.74, 6) is -0.629. The van der Waals surface area contributed by atoms with Gasteiger partial charge in [-0.1, -0.05) is 6.07 Å². The fourth-order valence-corrected chi connectivity index (χ4v) is 5.23. The maximum absolute atomic E-state index is 13.2. The fourth-order valence-electron chi connectivity index (χ4n) is 3.67. The molecule has 0 N–H and O–H groups in total. The lowest BCUT2D eigenvalue weighted by molar-refractivity contribution is -0.123. The second-order valence-corrected chi connectivity index (χ2v) is 9.42. The maximum atomic E-state index is 13.2. The maximum Gasteiger partial charge on any atom is 0.243 e. The molecule has 5 nitrogen and oxygen atoms in total. The molecule has 29 heavy (non-hydrogen) atoms. The van der Waals surface area contributed by atoms with Crippen molar-refractivity contribution in [1.29, 1.82) is 0 Å². The first-order valence-corrected chi connectivity index (χ1v) is 11.3. The molecule has 1 fully saturated rings. The molecule has 3 rings (SSSR count). The zero-order chi connectivity index (χ0) is 21.2. The molecule has 0 atom stereocenters. The highest BCUT2D eigenvalue weighted by atomic mass is 32.2. The van der Waals surface area contributed by atoms with Gasteiger partial charge in [0.2, 0.25) is 15.9 Å². The smallest absolute Gasteiger partial charge is 0.243 e. The number of nitrogens with zero attached hydrogens (tertiary/aromatic N) is 2. The summed E-state index contributed by atoms with van der Waals surface area (Å²) in [7, 11) is -3.57. The Morgan fingerprint density at radius 3 is 2.24 bits per heavy atom. The quantitative estimate of drug-likeness (QED) is 0.740. The molecule has 0 bridgehead atoms. The van der Waals surface area contributed by atoms with Crippen molar-refractivity contribution in [2.45, 2.75) is 38.5 Å². The lowest BCUT2D eigenvalue weighted by Gasteiger charge is -2.33. The molecule has 1 amide bonds. The summed E-state index contributed by atoms with van der Waals surface area (Å²) in [6.07, 6.45) is 0.946. The molecule has 2 aromatic rings. The van der Waals surface area contributed by atoms with Crippen LogP contribution in [0.25, 0.3) is 0 Å². The van der Waals surface area contributed by atoms with Gasteiger partial charge in [-0.2, -0.15) is 4.31 Å². The van der Waals surface area contributed by atoms with Gasteiger partial charge in [0.05, 0.1) is 4.90 Å². The molecule has 1 heterocycles. The molecule has 0 radical (unpaired) electrons. The van der Waals surface area contributed by atoms with Crippen LogP contribution in [0, 0.1) is 25.6 Å². The van der Waals surface area contributed by atoms with Crippen molar-refractivity contribution >= 4 is 21.6 Å². The molecule has 1 aliphatic rings. The third-order valence-electron chi connectivity index (χ3n) is 5.64. The summed E-state index contributed by atoms with van der Waals surface area (Å²) in [6, 6.07) is 11.0. The number of carbonyl (C=O) groups excluding carboxylic acids is 1. The standard InChI is InChI=1S/C22H27FN2O3S/c1-4-25(20-8-6-19(23)7-9-20)22(26)18-11-13-24(14-12-18)29(27,28)21-10-5-16(2)17(3)15-21/h5-10,15,18H,4,11-14H2,1-3H3. The predicted molar refractivity (Wildman–Crippen MR) is 112 cm³/mol. The first-order valence-electron chi connectivity index (χ1n) is 9.88. The van der Waals surface area contributed by atoms with E-state index in [1.165, 1.54) is 16.4 Å². The molecule has 0 spiro atoms. The summed E-state index contributed by atoms with van der Waals surface area (Å²) < 4.78 is 40.6. The number of hydrogen-bond donors (Lipinski definition) is 0. The molecule has 1 saturated heterocycles. The van der Waals surface area contributed by atoms with E-state index >= 15 is 0 Å². The summed E-state index contributed by atoms with van der Waals surface area (Å²) >= 11 is 0. The minimum Gasteiger partial charge on any atom is -0.312 e. The number of amides is 1. The molecule has 0 aromatic heterocycles. The Hall–Kier alpha value is -2.25. The number of carbonyl (C=O) groups is 1. The van der Waals surface area contributed by atoms with Gasteiger partial charge in [0.15, 0.2) is 0 Å². The van der Waals surface area contributed by atoms with Crippen LogP contribution < -0.4 is 4.90 Å². The summed E-state index contributed by atoms with van der Waals surface area (Å²) in [5.41, 5.74) is 2.65. The Morgan fingerprint density at radius 1 is 1.07 bits per heavy atom. The molecule has 0 unspecified atom stereocenters. The predicted octanol–water partition coefficient (Wildman–Crippen LogP) is 3.90. The van der Waals surface area contributed by atoms with E-state index in [0.717, 1.165) is 11.1 Å². The summed E-state index contributed by atoms with van der Waals surface area (Å²) in [6.45, 7) is 6.82. The highest BCUT2D eigenvalue weighted by Crippen LogP contribution is 2.27. The molecule has 7 heteroatoms. The van der Waals surface area contributed by atoms with Crippen LogP contribution in [-0.2, 0) is 14.8 Å². The van der Waals surface area contributed by atoms with Gasteiger partial charge in [-0.05, 0) is 81.1 Å². The van der Waals surface area contributed by atoms with Crippen molar-refractivity contribution in [3.8, 4) is 0 Å². The molecule has 1 aliphatic heterocycles. The zero-order valence-corrected chi connectivity index (χ0v) is 17.9. The first-order chi connectivity index (χ1) is 13.7. The Kier molecular flexibility index (Phi) is 6.39. The number of sulfonamides is 1. The van der Waals surface area contributed by atoms with Crippen LogP contribution in [0.4, 0.5) is 10.1 Å². The van der Waals surface area contributed by atoms with Crippen molar-refractivity contribution in [3.63, 3.8) is 0 Å².